The molecule has 19 heavy (non-hydrogen) atoms. The molecule has 1 aromatic rings. The summed E-state index contributed by atoms with van der Waals surface area (Å²) in [6.45, 7) is 7.96. The summed E-state index contributed by atoms with van der Waals surface area (Å²) in [4.78, 5) is 12.6. The van der Waals surface area contributed by atoms with E-state index in [0.717, 1.165) is 29.7 Å². The first-order valence-corrected chi connectivity index (χ1v) is 7.53. The molecule has 1 atom stereocenters. The number of aryl methyl sites for hydroxylation is 1. The van der Waals surface area contributed by atoms with E-state index in [1.165, 1.54) is 5.56 Å². The smallest absolute Gasteiger partial charge is 0.232 e. The molecule has 1 unspecified atom stereocenters. The zero-order valence-corrected chi connectivity index (χ0v) is 13.3. The van der Waals surface area contributed by atoms with Crippen molar-refractivity contribution in [1.82, 2.24) is 5.32 Å². The van der Waals surface area contributed by atoms with Gasteiger partial charge in [-0.05, 0) is 59.4 Å². The summed E-state index contributed by atoms with van der Waals surface area (Å²) in [5.41, 5.74) is 1.73. The van der Waals surface area contributed by atoms with Gasteiger partial charge in [-0.15, -0.1) is 0 Å². The van der Waals surface area contributed by atoms with Crippen molar-refractivity contribution in [2.45, 2.75) is 27.2 Å². The Kier molecular flexibility index (Phi) is 4.31. The molecule has 1 heterocycles. The number of nitrogens with one attached hydrogen (secondary N) is 2. The van der Waals surface area contributed by atoms with Crippen LogP contribution < -0.4 is 10.6 Å². The Labute approximate surface area is 123 Å². The lowest BCUT2D eigenvalue weighted by Crippen LogP contribution is -2.42. The largest absolute Gasteiger partial charge is 0.325 e. The average Bonchev–Trinajstić information content (AvgIpc) is 2.83. The lowest BCUT2D eigenvalue weighted by molar-refractivity contribution is -0.126. The number of hydrogen-bond donors (Lipinski definition) is 2. The molecule has 0 saturated carbocycles. The van der Waals surface area contributed by atoms with E-state index < -0.39 is 0 Å². The van der Waals surface area contributed by atoms with E-state index in [4.69, 9.17) is 0 Å². The fourth-order valence-electron chi connectivity index (χ4n) is 2.63. The summed E-state index contributed by atoms with van der Waals surface area (Å²) in [6.07, 6.45) is 0.903. The van der Waals surface area contributed by atoms with Crippen molar-refractivity contribution in [2.24, 2.45) is 11.3 Å². The molecule has 3 nitrogen and oxygen atoms in total. The molecule has 4 heteroatoms. The number of hydrogen-bond acceptors (Lipinski definition) is 2. The quantitative estimate of drug-likeness (QED) is 0.895. The molecule has 0 spiro atoms. The van der Waals surface area contributed by atoms with E-state index in [1.807, 2.05) is 25.1 Å². The van der Waals surface area contributed by atoms with Crippen molar-refractivity contribution in [2.75, 3.05) is 18.4 Å². The third-order valence-corrected chi connectivity index (χ3v) is 4.77. The van der Waals surface area contributed by atoms with Crippen LogP contribution in [0.25, 0.3) is 0 Å². The molecule has 0 radical (unpaired) electrons. The van der Waals surface area contributed by atoms with E-state index in [-0.39, 0.29) is 11.3 Å². The van der Waals surface area contributed by atoms with Gasteiger partial charge in [0.05, 0.1) is 11.1 Å². The number of carbonyl (C=O) groups is 1. The predicted molar refractivity (Wildman–Crippen MR) is 82.3 cm³/mol. The summed E-state index contributed by atoms with van der Waals surface area (Å²) >= 11 is 3.51. The van der Waals surface area contributed by atoms with Crippen LogP contribution in [0.5, 0.6) is 0 Å². The Hall–Kier alpha value is -0.870. The maximum Gasteiger partial charge on any atom is 0.232 e. The first-order valence-electron chi connectivity index (χ1n) is 6.74. The molecule has 0 aliphatic carbocycles. The first kappa shape index (κ1) is 14.5. The SMILES string of the molecule is Cc1ccc(NC(=O)C2(C(C)C)CCNC2)c(Br)c1. The number of halogens is 1. The molecule has 2 N–H and O–H groups in total. The van der Waals surface area contributed by atoms with Gasteiger partial charge < -0.3 is 10.6 Å². The Morgan fingerprint density at radius 2 is 2.21 bits per heavy atom. The highest BCUT2D eigenvalue weighted by Gasteiger charge is 2.43. The molecule has 1 aromatic carbocycles. The Balaban J connectivity index is 2.20. The molecular weight excluding hydrogens is 304 g/mol. The highest BCUT2D eigenvalue weighted by molar-refractivity contribution is 9.10. The second-order valence-electron chi connectivity index (χ2n) is 5.68. The van der Waals surface area contributed by atoms with Gasteiger partial charge >= 0.3 is 0 Å². The summed E-state index contributed by atoms with van der Waals surface area (Å²) in [5.74, 6) is 0.448. The van der Waals surface area contributed by atoms with Crippen LogP contribution in [0.1, 0.15) is 25.8 Å². The number of anilines is 1. The molecular formula is C15H21BrN2O. The lowest BCUT2D eigenvalue weighted by atomic mass is 9.75. The summed E-state index contributed by atoms with van der Waals surface area (Å²) in [7, 11) is 0. The van der Waals surface area contributed by atoms with Crippen LogP contribution in [0.2, 0.25) is 0 Å². The minimum atomic E-state index is -0.287. The van der Waals surface area contributed by atoms with Crippen LogP contribution in [0, 0.1) is 18.3 Å². The van der Waals surface area contributed by atoms with Crippen LogP contribution in [0.3, 0.4) is 0 Å². The maximum absolute atomic E-state index is 12.6. The Morgan fingerprint density at radius 3 is 2.74 bits per heavy atom. The van der Waals surface area contributed by atoms with E-state index in [1.54, 1.807) is 0 Å². The highest BCUT2D eigenvalue weighted by Crippen LogP contribution is 2.36. The minimum absolute atomic E-state index is 0.122. The number of amides is 1. The van der Waals surface area contributed by atoms with Crippen LogP contribution in [-0.4, -0.2) is 19.0 Å². The maximum atomic E-state index is 12.6. The topological polar surface area (TPSA) is 41.1 Å². The third-order valence-electron chi connectivity index (χ3n) is 4.12. The van der Waals surface area contributed by atoms with Gasteiger partial charge in [-0.2, -0.15) is 0 Å². The van der Waals surface area contributed by atoms with Crippen LogP contribution in [0.4, 0.5) is 5.69 Å². The number of carbonyl (C=O) groups excluding carboxylic acids is 1. The van der Waals surface area contributed by atoms with Crippen molar-refractivity contribution in [3.05, 3.63) is 28.2 Å². The molecule has 0 bridgehead atoms. The van der Waals surface area contributed by atoms with Crippen LogP contribution in [-0.2, 0) is 4.79 Å². The zero-order valence-electron chi connectivity index (χ0n) is 11.7. The normalized spacial score (nSPS) is 22.8. The molecule has 1 aliphatic rings. The fraction of sp³-hybridized carbons (Fsp3) is 0.533. The molecule has 1 aliphatic heterocycles. The molecule has 104 valence electrons. The molecule has 2 rings (SSSR count). The van der Waals surface area contributed by atoms with E-state index in [0.29, 0.717) is 5.92 Å². The van der Waals surface area contributed by atoms with Gasteiger partial charge in [0.2, 0.25) is 5.91 Å². The second kappa shape index (κ2) is 5.63. The minimum Gasteiger partial charge on any atom is -0.325 e. The standard InChI is InChI=1S/C15H21BrN2O/c1-10(2)15(6-7-17-9-15)14(19)18-13-5-4-11(3)8-12(13)16/h4-5,8,10,17H,6-7,9H2,1-3H3,(H,18,19). The average molecular weight is 325 g/mol. The highest BCUT2D eigenvalue weighted by atomic mass is 79.9. The van der Waals surface area contributed by atoms with Crippen LogP contribution in [0.15, 0.2) is 22.7 Å². The molecule has 0 aromatic heterocycles. The second-order valence-corrected chi connectivity index (χ2v) is 6.53. The molecule has 1 amide bonds. The van der Waals surface area contributed by atoms with E-state index in [9.17, 15) is 4.79 Å². The zero-order chi connectivity index (χ0) is 14.0. The lowest BCUT2D eigenvalue weighted by Gasteiger charge is -2.31. The first-order chi connectivity index (χ1) is 8.95. The number of benzene rings is 1. The van der Waals surface area contributed by atoms with Gasteiger partial charge in [0.25, 0.3) is 0 Å². The molecule has 1 saturated heterocycles. The molecule has 1 fully saturated rings. The third kappa shape index (κ3) is 2.84. The number of rotatable bonds is 3. The van der Waals surface area contributed by atoms with E-state index >= 15 is 0 Å². The van der Waals surface area contributed by atoms with Gasteiger partial charge in [0.15, 0.2) is 0 Å². The fourth-order valence-corrected chi connectivity index (χ4v) is 3.22. The Morgan fingerprint density at radius 1 is 1.47 bits per heavy atom. The van der Waals surface area contributed by atoms with Crippen molar-refractivity contribution in [1.29, 1.82) is 0 Å². The monoisotopic (exact) mass is 324 g/mol. The van der Waals surface area contributed by atoms with Crippen molar-refractivity contribution < 1.29 is 4.79 Å². The van der Waals surface area contributed by atoms with Gasteiger partial charge in [-0.3, -0.25) is 4.79 Å². The summed E-state index contributed by atoms with van der Waals surface area (Å²) in [5, 5.41) is 6.39. The van der Waals surface area contributed by atoms with E-state index in [2.05, 4.69) is 40.4 Å². The van der Waals surface area contributed by atoms with Gasteiger partial charge in [0, 0.05) is 11.0 Å². The van der Waals surface area contributed by atoms with Gasteiger partial charge in [-0.25, -0.2) is 0 Å². The van der Waals surface area contributed by atoms with Crippen molar-refractivity contribution >= 4 is 27.5 Å². The van der Waals surface area contributed by atoms with Crippen molar-refractivity contribution in [3.8, 4) is 0 Å². The van der Waals surface area contributed by atoms with Crippen LogP contribution >= 0.6 is 15.9 Å². The summed E-state index contributed by atoms with van der Waals surface area (Å²) in [6, 6.07) is 5.98. The van der Waals surface area contributed by atoms with Crippen molar-refractivity contribution in [3.63, 3.8) is 0 Å². The predicted octanol–water partition coefficient (Wildman–Crippen LogP) is 3.33. The van der Waals surface area contributed by atoms with Gasteiger partial charge in [0.1, 0.15) is 0 Å². The Bertz CT molecular complexity index is 479. The summed E-state index contributed by atoms with van der Waals surface area (Å²) < 4.78 is 0.936. The van der Waals surface area contributed by atoms with Gasteiger partial charge in [-0.1, -0.05) is 19.9 Å².